The fourth-order valence-electron chi connectivity index (χ4n) is 1.41. The number of aryl methyl sites for hydroxylation is 1. The fraction of sp³-hybridized carbons (Fsp3) is 0.333. The maximum atomic E-state index is 5.32. The van der Waals surface area contributed by atoms with Crippen molar-refractivity contribution in [1.29, 1.82) is 0 Å². The summed E-state index contributed by atoms with van der Waals surface area (Å²) in [6.45, 7) is 3.27. The molecule has 2 N–H and O–H groups in total. The van der Waals surface area contributed by atoms with Crippen LogP contribution in [-0.2, 0) is 11.3 Å². The van der Waals surface area contributed by atoms with Crippen molar-refractivity contribution in [2.24, 2.45) is 5.73 Å². The minimum Gasteiger partial charge on any atom is -0.370 e. The SMILES string of the molecule is Cc1ccc(-c2noc(COCCN)n2)cc1Br. The second-order valence-corrected chi connectivity index (χ2v) is 4.67. The van der Waals surface area contributed by atoms with Crippen molar-refractivity contribution in [2.75, 3.05) is 13.2 Å². The van der Waals surface area contributed by atoms with Crippen molar-refractivity contribution in [3.05, 3.63) is 34.1 Å². The molecule has 0 bridgehead atoms. The van der Waals surface area contributed by atoms with Gasteiger partial charge in [-0.15, -0.1) is 0 Å². The molecule has 0 unspecified atom stereocenters. The first-order chi connectivity index (χ1) is 8.70. The highest BCUT2D eigenvalue weighted by molar-refractivity contribution is 9.10. The van der Waals surface area contributed by atoms with Gasteiger partial charge in [0.25, 0.3) is 5.89 Å². The molecule has 0 spiro atoms. The lowest BCUT2D eigenvalue weighted by Gasteiger charge is -1.99. The Hall–Kier alpha value is -1.24. The van der Waals surface area contributed by atoms with Crippen molar-refractivity contribution in [3.8, 4) is 11.4 Å². The Kier molecular flexibility index (Phi) is 4.46. The maximum Gasteiger partial charge on any atom is 0.252 e. The van der Waals surface area contributed by atoms with Gasteiger partial charge in [0.05, 0.1) is 6.61 Å². The number of nitrogens with two attached hydrogens (primary N) is 1. The number of benzene rings is 1. The smallest absolute Gasteiger partial charge is 0.252 e. The fourth-order valence-corrected chi connectivity index (χ4v) is 1.78. The van der Waals surface area contributed by atoms with Gasteiger partial charge in [0.1, 0.15) is 6.61 Å². The third-order valence-electron chi connectivity index (χ3n) is 2.39. The largest absolute Gasteiger partial charge is 0.370 e. The topological polar surface area (TPSA) is 74.2 Å². The molecule has 18 heavy (non-hydrogen) atoms. The van der Waals surface area contributed by atoms with Crippen LogP contribution in [0.1, 0.15) is 11.5 Å². The highest BCUT2D eigenvalue weighted by atomic mass is 79.9. The summed E-state index contributed by atoms with van der Waals surface area (Å²) in [5.74, 6) is 1.01. The van der Waals surface area contributed by atoms with Crippen LogP contribution in [0.4, 0.5) is 0 Å². The highest BCUT2D eigenvalue weighted by Crippen LogP contribution is 2.23. The van der Waals surface area contributed by atoms with Gasteiger partial charge in [-0.1, -0.05) is 33.2 Å². The van der Waals surface area contributed by atoms with Crippen LogP contribution in [0.5, 0.6) is 0 Å². The summed E-state index contributed by atoms with van der Waals surface area (Å²) < 4.78 is 11.3. The summed E-state index contributed by atoms with van der Waals surface area (Å²) in [7, 11) is 0. The minimum atomic E-state index is 0.289. The molecule has 1 aromatic carbocycles. The van der Waals surface area contributed by atoms with Gasteiger partial charge < -0.3 is 15.0 Å². The van der Waals surface area contributed by atoms with E-state index in [4.69, 9.17) is 15.0 Å². The van der Waals surface area contributed by atoms with Crippen molar-refractivity contribution in [3.63, 3.8) is 0 Å². The summed E-state index contributed by atoms with van der Waals surface area (Å²) >= 11 is 3.48. The standard InChI is InChI=1S/C12H14BrN3O2/c1-8-2-3-9(6-10(8)13)12-15-11(18-16-12)7-17-5-4-14/h2-3,6H,4-5,7,14H2,1H3. The third-order valence-corrected chi connectivity index (χ3v) is 3.24. The van der Waals surface area contributed by atoms with Gasteiger partial charge in [-0.25, -0.2) is 0 Å². The van der Waals surface area contributed by atoms with Crippen molar-refractivity contribution in [2.45, 2.75) is 13.5 Å². The van der Waals surface area contributed by atoms with Crippen LogP contribution < -0.4 is 5.73 Å². The lowest BCUT2D eigenvalue weighted by atomic mass is 10.1. The number of halogens is 1. The van der Waals surface area contributed by atoms with Crippen LogP contribution in [0.15, 0.2) is 27.2 Å². The number of rotatable bonds is 5. The average Bonchev–Trinajstić information content (AvgIpc) is 2.82. The van der Waals surface area contributed by atoms with E-state index < -0.39 is 0 Å². The molecule has 1 aromatic heterocycles. The molecule has 0 atom stereocenters. The Morgan fingerprint density at radius 3 is 3.00 bits per heavy atom. The molecule has 5 nitrogen and oxygen atoms in total. The van der Waals surface area contributed by atoms with Crippen molar-refractivity contribution < 1.29 is 9.26 Å². The number of nitrogens with zero attached hydrogens (tertiary/aromatic N) is 2. The summed E-state index contributed by atoms with van der Waals surface area (Å²) in [6.07, 6.45) is 0. The Morgan fingerprint density at radius 2 is 2.28 bits per heavy atom. The molecule has 2 rings (SSSR count). The van der Waals surface area contributed by atoms with E-state index >= 15 is 0 Å². The van der Waals surface area contributed by atoms with Gasteiger partial charge in [0.15, 0.2) is 0 Å². The first kappa shape index (κ1) is 13.2. The van der Waals surface area contributed by atoms with Crippen LogP contribution in [0, 0.1) is 6.92 Å². The first-order valence-corrected chi connectivity index (χ1v) is 6.37. The Morgan fingerprint density at radius 1 is 1.44 bits per heavy atom. The molecule has 0 saturated heterocycles. The molecule has 0 radical (unpaired) electrons. The normalized spacial score (nSPS) is 10.8. The number of hydrogen-bond donors (Lipinski definition) is 1. The van der Waals surface area contributed by atoms with Crippen LogP contribution in [0.2, 0.25) is 0 Å². The Labute approximate surface area is 113 Å². The van der Waals surface area contributed by atoms with Crippen LogP contribution in [-0.4, -0.2) is 23.3 Å². The van der Waals surface area contributed by atoms with E-state index in [9.17, 15) is 0 Å². The van der Waals surface area contributed by atoms with Gasteiger partial charge in [0.2, 0.25) is 5.82 Å². The molecule has 0 aliphatic heterocycles. The average molecular weight is 312 g/mol. The second-order valence-electron chi connectivity index (χ2n) is 3.82. The quantitative estimate of drug-likeness (QED) is 0.857. The predicted octanol–water partition coefficient (Wildman–Crippen LogP) is 2.28. The Balaban J connectivity index is 2.11. The number of ether oxygens (including phenoxy) is 1. The lowest BCUT2D eigenvalue weighted by Crippen LogP contribution is -2.08. The molecular formula is C12H14BrN3O2. The third kappa shape index (κ3) is 3.16. The van der Waals surface area contributed by atoms with Gasteiger partial charge in [-0.05, 0) is 18.6 Å². The molecule has 2 aromatic rings. The zero-order chi connectivity index (χ0) is 13.0. The van der Waals surface area contributed by atoms with E-state index in [2.05, 4.69) is 26.1 Å². The van der Waals surface area contributed by atoms with Crippen molar-refractivity contribution >= 4 is 15.9 Å². The zero-order valence-corrected chi connectivity index (χ0v) is 11.6. The number of hydrogen-bond acceptors (Lipinski definition) is 5. The van der Waals surface area contributed by atoms with Gasteiger partial charge in [-0.3, -0.25) is 0 Å². The highest BCUT2D eigenvalue weighted by Gasteiger charge is 2.09. The lowest BCUT2D eigenvalue weighted by molar-refractivity contribution is 0.104. The summed E-state index contributed by atoms with van der Waals surface area (Å²) in [5.41, 5.74) is 7.39. The molecule has 96 valence electrons. The Bertz CT molecular complexity index is 528. The molecule has 0 saturated carbocycles. The van der Waals surface area contributed by atoms with Gasteiger partial charge in [-0.2, -0.15) is 4.98 Å². The van der Waals surface area contributed by atoms with E-state index in [0.29, 0.717) is 24.9 Å². The van der Waals surface area contributed by atoms with Crippen LogP contribution in [0.3, 0.4) is 0 Å². The number of aromatic nitrogens is 2. The predicted molar refractivity (Wildman–Crippen MR) is 70.9 cm³/mol. The molecular weight excluding hydrogens is 298 g/mol. The summed E-state index contributed by atoms with van der Waals surface area (Å²) in [6, 6.07) is 5.92. The molecule has 0 aliphatic rings. The monoisotopic (exact) mass is 311 g/mol. The molecule has 6 heteroatoms. The van der Waals surface area contributed by atoms with E-state index in [1.165, 1.54) is 0 Å². The van der Waals surface area contributed by atoms with Crippen molar-refractivity contribution in [1.82, 2.24) is 10.1 Å². The summed E-state index contributed by atoms with van der Waals surface area (Å²) in [4.78, 5) is 4.26. The minimum absolute atomic E-state index is 0.289. The van der Waals surface area contributed by atoms with Crippen LogP contribution >= 0.6 is 15.9 Å². The van der Waals surface area contributed by atoms with E-state index in [-0.39, 0.29) is 6.61 Å². The molecule has 0 amide bonds. The second kappa shape index (κ2) is 6.08. The maximum absolute atomic E-state index is 5.32. The molecule has 0 fully saturated rings. The van der Waals surface area contributed by atoms with Crippen LogP contribution in [0.25, 0.3) is 11.4 Å². The van der Waals surface area contributed by atoms with E-state index in [1.807, 2.05) is 25.1 Å². The first-order valence-electron chi connectivity index (χ1n) is 5.57. The van der Waals surface area contributed by atoms with Gasteiger partial charge >= 0.3 is 0 Å². The van der Waals surface area contributed by atoms with Gasteiger partial charge in [0, 0.05) is 16.6 Å². The molecule has 0 aliphatic carbocycles. The summed E-state index contributed by atoms with van der Waals surface area (Å²) in [5, 5.41) is 3.92. The zero-order valence-electron chi connectivity index (χ0n) is 10.0. The van der Waals surface area contributed by atoms with E-state index in [0.717, 1.165) is 15.6 Å². The molecule has 1 heterocycles. The van der Waals surface area contributed by atoms with E-state index in [1.54, 1.807) is 0 Å².